The van der Waals surface area contributed by atoms with Crippen molar-refractivity contribution < 1.29 is 9.59 Å². The third-order valence-corrected chi connectivity index (χ3v) is 8.17. The number of nitrogens with one attached hydrogen (secondary N) is 1. The summed E-state index contributed by atoms with van der Waals surface area (Å²) >= 11 is 5.91. The minimum Gasteiger partial charge on any atom is -0.353 e. The lowest BCUT2D eigenvalue weighted by molar-refractivity contribution is -0.158. The molecule has 1 N–H and O–H groups in total. The molecule has 0 atom stereocenters. The van der Waals surface area contributed by atoms with Crippen molar-refractivity contribution in [2.75, 3.05) is 13.1 Å². The van der Waals surface area contributed by atoms with Crippen LogP contribution in [0, 0.1) is 23.2 Å². The Morgan fingerprint density at radius 1 is 0.966 bits per heavy atom. The monoisotopic (exact) mass is 414 g/mol. The van der Waals surface area contributed by atoms with Crippen molar-refractivity contribution in [1.29, 1.82) is 0 Å². The van der Waals surface area contributed by atoms with E-state index >= 15 is 0 Å². The second-order valence-corrected chi connectivity index (χ2v) is 10.6. The van der Waals surface area contributed by atoms with E-state index in [-0.39, 0.29) is 17.4 Å². The summed E-state index contributed by atoms with van der Waals surface area (Å²) in [5.41, 5.74) is 0.931. The lowest BCUT2D eigenvalue weighted by Gasteiger charge is -2.57. The lowest BCUT2D eigenvalue weighted by atomic mass is 9.49. The minimum atomic E-state index is -0.0422. The van der Waals surface area contributed by atoms with Gasteiger partial charge in [-0.1, -0.05) is 23.7 Å². The average Bonchev–Trinajstić information content (AvgIpc) is 2.69. The molecule has 5 fully saturated rings. The van der Waals surface area contributed by atoms with Crippen LogP contribution in [0.1, 0.15) is 56.9 Å². The highest BCUT2D eigenvalue weighted by Gasteiger charge is 2.55. The SMILES string of the molecule is O=C(Cc1ccc(Cl)cc1)NC1CCN(C(=O)C23CC4CC(CC(C4)C2)C3)CC1. The number of likely N-dealkylation sites (tertiary alicyclic amines) is 1. The zero-order valence-corrected chi connectivity index (χ0v) is 17.8. The first-order valence-corrected chi connectivity index (χ1v) is 11.7. The summed E-state index contributed by atoms with van der Waals surface area (Å²) < 4.78 is 0. The molecule has 1 aromatic carbocycles. The van der Waals surface area contributed by atoms with Crippen LogP contribution in [0.3, 0.4) is 0 Å². The molecule has 4 nitrogen and oxygen atoms in total. The van der Waals surface area contributed by atoms with Gasteiger partial charge in [-0.25, -0.2) is 0 Å². The molecule has 156 valence electrons. The van der Waals surface area contributed by atoms with Gasteiger partial charge in [0.25, 0.3) is 0 Å². The molecule has 4 saturated carbocycles. The van der Waals surface area contributed by atoms with E-state index in [4.69, 9.17) is 11.6 Å². The van der Waals surface area contributed by atoms with Crippen LogP contribution in [-0.2, 0) is 16.0 Å². The van der Waals surface area contributed by atoms with E-state index in [0.29, 0.717) is 17.4 Å². The number of carbonyl (C=O) groups is 2. The van der Waals surface area contributed by atoms with Gasteiger partial charge in [-0.2, -0.15) is 0 Å². The van der Waals surface area contributed by atoms with Crippen LogP contribution in [0.15, 0.2) is 24.3 Å². The fourth-order valence-corrected chi connectivity index (χ4v) is 7.13. The van der Waals surface area contributed by atoms with Crippen LogP contribution in [0.2, 0.25) is 5.02 Å². The molecule has 5 aliphatic rings. The molecule has 0 radical (unpaired) electrons. The number of nitrogens with zero attached hydrogens (tertiary/aromatic N) is 1. The van der Waals surface area contributed by atoms with E-state index in [1.165, 1.54) is 19.3 Å². The zero-order valence-electron chi connectivity index (χ0n) is 17.0. The molecule has 4 bridgehead atoms. The van der Waals surface area contributed by atoms with Crippen LogP contribution in [0.4, 0.5) is 0 Å². The Kier molecular flexibility index (Phi) is 5.09. The van der Waals surface area contributed by atoms with E-state index in [1.54, 1.807) is 0 Å². The highest BCUT2D eigenvalue weighted by atomic mass is 35.5. The standard InChI is InChI=1S/C24H31ClN2O2/c25-20-3-1-16(2-4-20)12-22(28)26-21-5-7-27(8-6-21)23(29)24-13-17-9-18(14-24)11-19(10-17)15-24/h1-4,17-19,21H,5-15H2,(H,26,28). The van der Waals surface area contributed by atoms with Crippen molar-refractivity contribution in [2.24, 2.45) is 23.2 Å². The van der Waals surface area contributed by atoms with Crippen LogP contribution in [0.25, 0.3) is 0 Å². The van der Waals surface area contributed by atoms with Gasteiger partial charge in [-0.05, 0) is 86.8 Å². The number of halogens is 1. The fraction of sp³-hybridized carbons (Fsp3) is 0.667. The molecule has 0 aromatic heterocycles. The second kappa shape index (κ2) is 7.61. The summed E-state index contributed by atoms with van der Waals surface area (Å²) in [5, 5.41) is 3.85. The molecule has 29 heavy (non-hydrogen) atoms. The fourth-order valence-electron chi connectivity index (χ4n) is 7.00. The summed E-state index contributed by atoms with van der Waals surface area (Å²) in [4.78, 5) is 28.0. The summed E-state index contributed by atoms with van der Waals surface area (Å²) in [6, 6.07) is 7.61. The third kappa shape index (κ3) is 3.93. The smallest absolute Gasteiger partial charge is 0.228 e. The zero-order chi connectivity index (χ0) is 20.0. The Bertz CT molecular complexity index is 747. The van der Waals surface area contributed by atoms with Gasteiger partial charge in [0.2, 0.25) is 11.8 Å². The van der Waals surface area contributed by atoms with Crippen molar-refractivity contribution in [2.45, 2.75) is 63.8 Å². The van der Waals surface area contributed by atoms with Gasteiger partial charge >= 0.3 is 0 Å². The van der Waals surface area contributed by atoms with Crippen LogP contribution in [0.5, 0.6) is 0 Å². The summed E-state index contributed by atoms with van der Waals surface area (Å²) in [5.74, 6) is 2.89. The summed E-state index contributed by atoms with van der Waals surface area (Å²) in [6.07, 6.45) is 9.62. The predicted octanol–water partition coefficient (Wildman–Crippen LogP) is 4.21. The molecular formula is C24H31ClN2O2. The van der Waals surface area contributed by atoms with Crippen molar-refractivity contribution in [3.05, 3.63) is 34.9 Å². The van der Waals surface area contributed by atoms with Crippen molar-refractivity contribution >= 4 is 23.4 Å². The highest BCUT2D eigenvalue weighted by molar-refractivity contribution is 6.30. The first-order chi connectivity index (χ1) is 14.0. The van der Waals surface area contributed by atoms with Crippen molar-refractivity contribution in [3.8, 4) is 0 Å². The molecule has 0 spiro atoms. The summed E-state index contributed by atoms with van der Waals surface area (Å²) in [6.45, 7) is 1.57. The van der Waals surface area contributed by atoms with Gasteiger partial charge in [-0.3, -0.25) is 9.59 Å². The predicted molar refractivity (Wildman–Crippen MR) is 114 cm³/mol. The molecule has 6 rings (SSSR count). The number of carbonyl (C=O) groups excluding carboxylic acids is 2. The van der Waals surface area contributed by atoms with Crippen molar-refractivity contribution in [1.82, 2.24) is 10.2 Å². The molecule has 1 aromatic rings. The number of rotatable bonds is 4. The Morgan fingerprint density at radius 2 is 1.52 bits per heavy atom. The molecule has 1 aliphatic heterocycles. The van der Waals surface area contributed by atoms with E-state index in [9.17, 15) is 9.59 Å². The van der Waals surface area contributed by atoms with E-state index in [0.717, 1.165) is 68.5 Å². The molecule has 2 amide bonds. The third-order valence-electron chi connectivity index (χ3n) is 7.92. The Balaban J connectivity index is 1.13. The Labute approximate surface area is 178 Å². The minimum absolute atomic E-state index is 0.0422. The number of piperidine rings is 1. The van der Waals surface area contributed by atoms with Crippen LogP contribution >= 0.6 is 11.6 Å². The highest BCUT2D eigenvalue weighted by Crippen LogP contribution is 2.60. The lowest BCUT2D eigenvalue weighted by Crippen LogP contribution is -2.56. The number of amides is 2. The normalized spacial score (nSPS) is 33.7. The van der Waals surface area contributed by atoms with E-state index in [1.807, 2.05) is 24.3 Å². The van der Waals surface area contributed by atoms with Gasteiger partial charge in [0, 0.05) is 24.2 Å². The molecule has 1 saturated heterocycles. The van der Waals surface area contributed by atoms with E-state index < -0.39 is 0 Å². The maximum atomic E-state index is 13.5. The quantitative estimate of drug-likeness (QED) is 0.802. The maximum absolute atomic E-state index is 13.5. The number of hydrogen-bond acceptors (Lipinski definition) is 2. The van der Waals surface area contributed by atoms with Crippen molar-refractivity contribution in [3.63, 3.8) is 0 Å². The topological polar surface area (TPSA) is 49.4 Å². The van der Waals surface area contributed by atoms with Crippen LogP contribution in [-0.4, -0.2) is 35.8 Å². The average molecular weight is 415 g/mol. The molecular weight excluding hydrogens is 384 g/mol. The molecule has 4 aliphatic carbocycles. The number of hydrogen-bond donors (Lipinski definition) is 1. The Morgan fingerprint density at radius 3 is 2.07 bits per heavy atom. The molecule has 1 heterocycles. The summed E-state index contributed by atoms with van der Waals surface area (Å²) in [7, 11) is 0. The van der Waals surface area contributed by atoms with Gasteiger partial charge < -0.3 is 10.2 Å². The first-order valence-electron chi connectivity index (χ1n) is 11.3. The van der Waals surface area contributed by atoms with Gasteiger partial charge in [0.15, 0.2) is 0 Å². The Hall–Kier alpha value is -1.55. The van der Waals surface area contributed by atoms with Gasteiger partial charge in [0.05, 0.1) is 11.8 Å². The molecule has 0 unspecified atom stereocenters. The molecule has 5 heteroatoms. The number of benzene rings is 1. The van der Waals surface area contributed by atoms with Gasteiger partial charge in [0.1, 0.15) is 0 Å². The largest absolute Gasteiger partial charge is 0.353 e. The van der Waals surface area contributed by atoms with Crippen LogP contribution < -0.4 is 5.32 Å². The van der Waals surface area contributed by atoms with E-state index in [2.05, 4.69) is 10.2 Å². The maximum Gasteiger partial charge on any atom is 0.228 e. The first kappa shape index (κ1) is 19.4. The second-order valence-electron chi connectivity index (χ2n) is 10.1. The van der Waals surface area contributed by atoms with Gasteiger partial charge in [-0.15, -0.1) is 0 Å².